The number of nitrogens with zero attached hydrogens (tertiary/aromatic N) is 2. The van der Waals surface area contributed by atoms with E-state index in [1.54, 1.807) is 12.1 Å². The predicted octanol–water partition coefficient (Wildman–Crippen LogP) is 5.07. The van der Waals surface area contributed by atoms with Gasteiger partial charge in [0.25, 0.3) is 10.0 Å². The molecule has 1 aliphatic carbocycles. The maximum atomic E-state index is 13.1. The SMILES string of the molecule is CCOc1ccc(S(=O)(=O)Nc2nc3ccccc3nc2NC2CCCC(C)C2C)cc1. The summed E-state index contributed by atoms with van der Waals surface area (Å²) in [5.41, 5.74) is 1.35. The third-order valence-electron chi connectivity index (χ3n) is 6.28. The molecule has 0 spiro atoms. The number of fused-ring (bicyclic) bond motifs is 1. The Morgan fingerprint density at radius 3 is 2.28 bits per heavy atom. The highest BCUT2D eigenvalue weighted by Gasteiger charge is 2.29. The van der Waals surface area contributed by atoms with E-state index in [0.29, 0.717) is 35.5 Å². The molecule has 1 heterocycles. The van der Waals surface area contributed by atoms with Crippen LogP contribution < -0.4 is 14.8 Å². The fraction of sp³-hybridized carbons (Fsp3) is 0.417. The fourth-order valence-corrected chi connectivity index (χ4v) is 5.21. The summed E-state index contributed by atoms with van der Waals surface area (Å²) in [5.74, 6) is 2.35. The smallest absolute Gasteiger partial charge is 0.263 e. The zero-order valence-corrected chi connectivity index (χ0v) is 19.5. The summed E-state index contributed by atoms with van der Waals surface area (Å²) in [4.78, 5) is 9.47. The lowest BCUT2D eigenvalue weighted by atomic mass is 9.78. The number of aromatic nitrogens is 2. The number of hydrogen-bond donors (Lipinski definition) is 2. The largest absolute Gasteiger partial charge is 0.494 e. The number of anilines is 2. The molecule has 1 aliphatic rings. The summed E-state index contributed by atoms with van der Waals surface area (Å²) in [6.07, 6.45) is 3.36. The van der Waals surface area contributed by atoms with Gasteiger partial charge in [0.1, 0.15) is 5.75 Å². The van der Waals surface area contributed by atoms with Crippen LogP contribution in [0, 0.1) is 11.8 Å². The van der Waals surface area contributed by atoms with Crippen molar-refractivity contribution >= 4 is 32.7 Å². The molecular formula is C24H30N4O3S. The van der Waals surface area contributed by atoms with Crippen LogP contribution in [0.1, 0.15) is 40.0 Å². The third kappa shape index (κ3) is 4.80. The highest BCUT2D eigenvalue weighted by atomic mass is 32.2. The van der Waals surface area contributed by atoms with Gasteiger partial charge >= 0.3 is 0 Å². The molecule has 1 saturated carbocycles. The number of para-hydroxylation sites is 2. The summed E-state index contributed by atoms with van der Waals surface area (Å²) in [5, 5.41) is 3.50. The summed E-state index contributed by atoms with van der Waals surface area (Å²) in [6.45, 7) is 6.90. The lowest BCUT2D eigenvalue weighted by molar-refractivity contribution is 0.253. The Morgan fingerprint density at radius 1 is 0.969 bits per heavy atom. The van der Waals surface area contributed by atoms with Crippen molar-refractivity contribution in [2.45, 2.75) is 51.0 Å². The van der Waals surface area contributed by atoms with Gasteiger partial charge < -0.3 is 10.1 Å². The standard InChI is InChI=1S/C24H30N4O3S/c1-4-31-18-12-14-19(15-13-18)32(29,30)28-24-23(25-20-11-7-8-16(2)17(20)3)26-21-9-5-6-10-22(21)27-24/h5-6,9-10,12-17,20H,4,7-8,11H2,1-3H3,(H,25,26)(H,27,28). The van der Waals surface area contributed by atoms with E-state index in [9.17, 15) is 8.42 Å². The van der Waals surface area contributed by atoms with Crippen LogP contribution in [0.5, 0.6) is 5.75 Å². The maximum Gasteiger partial charge on any atom is 0.263 e. The summed E-state index contributed by atoms with van der Waals surface area (Å²) < 4.78 is 34.3. The van der Waals surface area contributed by atoms with E-state index in [2.05, 4.69) is 28.9 Å². The predicted molar refractivity (Wildman–Crippen MR) is 128 cm³/mol. The normalized spacial score (nSPS) is 21.3. The van der Waals surface area contributed by atoms with E-state index in [0.717, 1.165) is 18.4 Å². The Morgan fingerprint density at radius 2 is 1.62 bits per heavy atom. The van der Waals surface area contributed by atoms with Gasteiger partial charge in [-0.05, 0) is 61.6 Å². The molecular weight excluding hydrogens is 424 g/mol. The van der Waals surface area contributed by atoms with Gasteiger partial charge in [-0.1, -0.05) is 38.8 Å². The Kier molecular flexibility index (Phi) is 6.50. The van der Waals surface area contributed by atoms with Gasteiger partial charge in [0.05, 0.1) is 22.5 Å². The quantitative estimate of drug-likeness (QED) is 0.518. The van der Waals surface area contributed by atoms with E-state index in [1.807, 2.05) is 31.2 Å². The van der Waals surface area contributed by atoms with Crippen LogP contribution in [0.4, 0.5) is 11.6 Å². The van der Waals surface area contributed by atoms with Gasteiger partial charge in [0, 0.05) is 6.04 Å². The molecule has 2 N–H and O–H groups in total. The Hall–Kier alpha value is -2.87. The monoisotopic (exact) mass is 454 g/mol. The van der Waals surface area contributed by atoms with E-state index >= 15 is 0 Å². The van der Waals surface area contributed by atoms with Crippen LogP contribution in [0.15, 0.2) is 53.4 Å². The Labute approximate surface area is 189 Å². The maximum absolute atomic E-state index is 13.1. The van der Waals surface area contributed by atoms with Gasteiger partial charge in [-0.3, -0.25) is 4.72 Å². The van der Waals surface area contributed by atoms with Crippen LogP contribution in [0.2, 0.25) is 0 Å². The van der Waals surface area contributed by atoms with Gasteiger partial charge in [0.2, 0.25) is 0 Å². The molecule has 3 atom stereocenters. The van der Waals surface area contributed by atoms with Crippen molar-refractivity contribution in [1.29, 1.82) is 0 Å². The van der Waals surface area contributed by atoms with Crippen molar-refractivity contribution in [2.24, 2.45) is 11.8 Å². The molecule has 0 bridgehead atoms. The van der Waals surface area contributed by atoms with Crippen molar-refractivity contribution in [3.8, 4) is 5.75 Å². The molecule has 0 amide bonds. The highest BCUT2D eigenvalue weighted by molar-refractivity contribution is 7.92. The van der Waals surface area contributed by atoms with Crippen molar-refractivity contribution in [1.82, 2.24) is 9.97 Å². The molecule has 4 rings (SSSR count). The highest BCUT2D eigenvalue weighted by Crippen LogP contribution is 2.33. The van der Waals surface area contributed by atoms with Crippen LogP contribution in [0.25, 0.3) is 11.0 Å². The minimum Gasteiger partial charge on any atom is -0.494 e. The number of benzene rings is 2. The molecule has 2 aromatic carbocycles. The average molecular weight is 455 g/mol. The Bertz CT molecular complexity index is 1180. The molecule has 170 valence electrons. The lowest BCUT2D eigenvalue weighted by Crippen LogP contribution is -2.35. The summed E-state index contributed by atoms with van der Waals surface area (Å²) >= 11 is 0. The molecule has 0 radical (unpaired) electrons. The van der Waals surface area contributed by atoms with Crippen molar-refractivity contribution in [3.05, 3.63) is 48.5 Å². The van der Waals surface area contributed by atoms with E-state index in [-0.39, 0.29) is 16.8 Å². The van der Waals surface area contributed by atoms with Crippen molar-refractivity contribution < 1.29 is 13.2 Å². The zero-order chi connectivity index (χ0) is 22.7. The van der Waals surface area contributed by atoms with Crippen LogP contribution in [-0.2, 0) is 10.0 Å². The van der Waals surface area contributed by atoms with E-state index < -0.39 is 10.0 Å². The van der Waals surface area contributed by atoms with E-state index in [4.69, 9.17) is 9.72 Å². The van der Waals surface area contributed by atoms with Gasteiger partial charge in [-0.25, -0.2) is 18.4 Å². The van der Waals surface area contributed by atoms with Crippen molar-refractivity contribution in [3.63, 3.8) is 0 Å². The van der Waals surface area contributed by atoms with Gasteiger partial charge in [0.15, 0.2) is 11.6 Å². The number of ether oxygens (including phenoxy) is 1. The summed E-state index contributed by atoms with van der Waals surface area (Å²) in [7, 11) is -3.85. The number of rotatable bonds is 7. The van der Waals surface area contributed by atoms with Crippen LogP contribution in [0.3, 0.4) is 0 Å². The number of sulfonamides is 1. The van der Waals surface area contributed by atoms with Crippen LogP contribution in [-0.4, -0.2) is 31.0 Å². The topological polar surface area (TPSA) is 93.2 Å². The van der Waals surface area contributed by atoms with Gasteiger partial charge in [-0.15, -0.1) is 0 Å². The first-order chi connectivity index (χ1) is 15.4. The van der Waals surface area contributed by atoms with Crippen molar-refractivity contribution in [2.75, 3.05) is 16.6 Å². The second-order valence-electron chi connectivity index (χ2n) is 8.44. The molecule has 0 aliphatic heterocycles. The zero-order valence-electron chi connectivity index (χ0n) is 18.7. The van der Waals surface area contributed by atoms with Crippen LogP contribution >= 0.6 is 0 Å². The van der Waals surface area contributed by atoms with Gasteiger partial charge in [-0.2, -0.15) is 0 Å². The van der Waals surface area contributed by atoms with E-state index in [1.165, 1.54) is 18.6 Å². The second-order valence-corrected chi connectivity index (χ2v) is 10.1. The number of hydrogen-bond acceptors (Lipinski definition) is 6. The minimum absolute atomic E-state index is 0.140. The first-order valence-electron chi connectivity index (χ1n) is 11.2. The Balaban J connectivity index is 1.67. The molecule has 32 heavy (non-hydrogen) atoms. The third-order valence-corrected chi connectivity index (χ3v) is 7.63. The lowest BCUT2D eigenvalue weighted by Gasteiger charge is -2.35. The molecule has 3 aromatic rings. The first-order valence-corrected chi connectivity index (χ1v) is 12.6. The molecule has 1 aromatic heterocycles. The summed E-state index contributed by atoms with van der Waals surface area (Å²) in [6, 6.07) is 14.0. The molecule has 3 unspecified atom stereocenters. The number of nitrogens with one attached hydrogen (secondary N) is 2. The minimum atomic E-state index is -3.85. The molecule has 7 nitrogen and oxygen atoms in total. The molecule has 0 saturated heterocycles. The average Bonchev–Trinajstić information content (AvgIpc) is 2.77. The molecule has 1 fully saturated rings. The first kappa shape index (κ1) is 22.3. The second kappa shape index (κ2) is 9.32. The fourth-order valence-electron chi connectivity index (χ4n) is 4.20. The molecule has 8 heteroatoms.